The molecule has 0 fully saturated rings. The molecule has 1 atom stereocenters. The summed E-state index contributed by atoms with van der Waals surface area (Å²) >= 11 is 0. The number of benzene rings is 2. The number of carbonyl (C=O) groups is 1. The Hall–Kier alpha value is -2.55. The number of aryl methyl sites for hydroxylation is 1. The van der Waals surface area contributed by atoms with Crippen LogP contribution in [-0.2, 0) is 7.05 Å². The lowest BCUT2D eigenvalue weighted by molar-refractivity contribution is 0.0984. The number of hydrogen-bond acceptors (Lipinski definition) is 2. The third-order valence-electron chi connectivity index (χ3n) is 4.67. The predicted octanol–water partition coefficient (Wildman–Crippen LogP) is 3.91. The van der Waals surface area contributed by atoms with Crippen molar-refractivity contribution >= 4 is 16.7 Å². The van der Waals surface area contributed by atoms with E-state index in [-0.39, 0.29) is 11.7 Å². The Morgan fingerprint density at radius 1 is 1.09 bits per heavy atom. The molecule has 0 aliphatic heterocycles. The molecule has 4 rings (SSSR count). The molecule has 0 bridgehead atoms. The summed E-state index contributed by atoms with van der Waals surface area (Å²) < 4.78 is 7.26. The molecule has 3 aromatic rings. The number of ketones is 1. The van der Waals surface area contributed by atoms with Crippen molar-refractivity contribution in [2.75, 3.05) is 7.11 Å². The van der Waals surface area contributed by atoms with Crippen LogP contribution in [0.5, 0.6) is 5.75 Å². The van der Waals surface area contributed by atoms with Gasteiger partial charge in [0.25, 0.3) is 0 Å². The van der Waals surface area contributed by atoms with Crippen molar-refractivity contribution in [2.24, 2.45) is 7.05 Å². The monoisotopic (exact) mass is 291 g/mol. The van der Waals surface area contributed by atoms with Gasteiger partial charge in [-0.2, -0.15) is 0 Å². The molecule has 0 N–H and O–H groups in total. The summed E-state index contributed by atoms with van der Waals surface area (Å²) in [6.07, 6.45) is 0.551. The second-order valence-electron chi connectivity index (χ2n) is 5.79. The number of aromatic nitrogens is 1. The Kier molecular flexibility index (Phi) is 2.83. The summed E-state index contributed by atoms with van der Waals surface area (Å²) in [6, 6.07) is 16.3. The molecule has 1 aliphatic carbocycles. The van der Waals surface area contributed by atoms with Crippen LogP contribution in [-0.4, -0.2) is 17.5 Å². The van der Waals surface area contributed by atoms with E-state index in [4.69, 9.17) is 4.74 Å². The lowest BCUT2D eigenvalue weighted by Gasteiger charge is -2.11. The highest BCUT2D eigenvalue weighted by molar-refractivity contribution is 6.07. The van der Waals surface area contributed by atoms with Crippen molar-refractivity contribution in [1.82, 2.24) is 4.57 Å². The molecule has 1 heterocycles. The maximum absolute atomic E-state index is 12.5. The van der Waals surface area contributed by atoms with Gasteiger partial charge in [0.05, 0.1) is 12.8 Å². The molecule has 0 saturated carbocycles. The highest BCUT2D eigenvalue weighted by Gasteiger charge is 2.35. The zero-order chi connectivity index (χ0) is 15.3. The molecule has 0 spiro atoms. The fourth-order valence-electron chi connectivity index (χ4n) is 3.62. The number of rotatable bonds is 2. The maximum Gasteiger partial charge on any atom is 0.180 e. The summed E-state index contributed by atoms with van der Waals surface area (Å²) in [5.74, 6) is 1.21. The number of para-hydroxylation sites is 1. The van der Waals surface area contributed by atoms with E-state index in [9.17, 15) is 4.79 Å². The minimum absolute atomic E-state index is 0.138. The highest BCUT2D eigenvalue weighted by Crippen LogP contribution is 2.43. The second kappa shape index (κ2) is 4.73. The van der Waals surface area contributed by atoms with Crippen LogP contribution in [0.2, 0.25) is 0 Å². The summed E-state index contributed by atoms with van der Waals surface area (Å²) in [5.41, 5.74) is 4.33. The first-order valence-corrected chi connectivity index (χ1v) is 7.45. The first-order valence-electron chi connectivity index (χ1n) is 7.45. The van der Waals surface area contributed by atoms with E-state index < -0.39 is 0 Å². The van der Waals surface area contributed by atoms with Crippen LogP contribution in [0.1, 0.15) is 34.0 Å². The van der Waals surface area contributed by atoms with Gasteiger partial charge < -0.3 is 9.30 Å². The van der Waals surface area contributed by atoms with E-state index in [0.717, 1.165) is 17.0 Å². The van der Waals surface area contributed by atoms with Gasteiger partial charge in [0.1, 0.15) is 5.75 Å². The Morgan fingerprint density at radius 3 is 2.55 bits per heavy atom. The number of methoxy groups -OCH3 is 1. The molecule has 3 heteroatoms. The van der Waals surface area contributed by atoms with Gasteiger partial charge in [0, 0.05) is 30.3 Å². The SMILES string of the molecule is COc1ccc([C@H]2CC(=O)c3c2c2ccccc2n3C)cc1. The van der Waals surface area contributed by atoms with E-state index in [0.29, 0.717) is 6.42 Å². The summed E-state index contributed by atoms with van der Waals surface area (Å²) in [6.45, 7) is 0. The van der Waals surface area contributed by atoms with Gasteiger partial charge >= 0.3 is 0 Å². The predicted molar refractivity (Wildman–Crippen MR) is 86.7 cm³/mol. The molecular weight excluding hydrogens is 274 g/mol. The van der Waals surface area contributed by atoms with Crippen LogP contribution >= 0.6 is 0 Å². The molecular formula is C19H17NO2. The lowest BCUT2D eigenvalue weighted by atomic mass is 9.92. The van der Waals surface area contributed by atoms with Crippen LogP contribution in [0, 0.1) is 0 Å². The molecule has 0 amide bonds. The average Bonchev–Trinajstić information content (AvgIpc) is 3.05. The van der Waals surface area contributed by atoms with E-state index in [1.807, 2.05) is 35.9 Å². The standard InChI is InChI=1S/C19H17NO2/c1-20-16-6-4-3-5-14(16)18-15(11-17(21)19(18)20)12-7-9-13(22-2)10-8-12/h3-10,15H,11H2,1-2H3/t15-/m1/s1. The Balaban J connectivity index is 1.92. The van der Waals surface area contributed by atoms with Gasteiger partial charge in [-0.25, -0.2) is 0 Å². The van der Waals surface area contributed by atoms with Gasteiger partial charge in [0.2, 0.25) is 0 Å². The van der Waals surface area contributed by atoms with E-state index in [1.165, 1.54) is 16.5 Å². The summed E-state index contributed by atoms with van der Waals surface area (Å²) in [7, 11) is 3.65. The largest absolute Gasteiger partial charge is 0.497 e. The number of hydrogen-bond donors (Lipinski definition) is 0. The third kappa shape index (κ3) is 1.72. The van der Waals surface area contributed by atoms with Gasteiger partial charge in [-0.05, 0) is 29.3 Å². The number of carbonyl (C=O) groups excluding carboxylic acids is 1. The van der Waals surface area contributed by atoms with E-state index in [1.54, 1.807) is 7.11 Å². The van der Waals surface area contributed by atoms with E-state index >= 15 is 0 Å². The average molecular weight is 291 g/mol. The molecule has 2 aromatic carbocycles. The van der Waals surface area contributed by atoms with Gasteiger partial charge in [0.15, 0.2) is 5.78 Å². The van der Waals surface area contributed by atoms with Crippen LogP contribution in [0.25, 0.3) is 10.9 Å². The molecule has 1 aliphatic rings. The number of fused-ring (bicyclic) bond motifs is 3. The normalized spacial score (nSPS) is 17.0. The van der Waals surface area contributed by atoms with Crippen molar-refractivity contribution < 1.29 is 9.53 Å². The maximum atomic E-state index is 12.5. The van der Waals surface area contributed by atoms with Gasteiger partial charge in [-0.1, -0.05) is 30.3 Å². The molecule has 22 heavy (non-hydrogen) atoms. The summed E-state index contributed by atoms with van der Waals surface area (Å²) in [5, 5.41) is 1.19. The van der Waals surface area contributed by atoms with Crippen molar-refractivity contribution in [3.05, 3.63) is 65.4 Å². The quantitative estimate of drug-likeness (QED) is 0.717. The topological polar surface area (TPSA) is 31.2 Å². The minimum Gasteiger partial charge on any atom is -0.497 e. The smallest absolute Gasteiger partial charge is 0.180 e. The van der Waals surface area contributed by atoms with Crippen LogP contribution in [0.15, 0.2) is 48.5 Å². The molecule has 0 radical (unpaired) electrons. The zero-order valence-corrected chi connectivity index (χ0v) is 12.7. The minimum atomic E-state index is 0.138. The van der Waals surface area contributed by atoms with Crippen molar-refractivity contribution in [2.45, 2.75) is 12.3 Å². The Labute approximate surface area is 129 Å². The zero-order valence-electron chi connectivity index (χ0n) is 12.7. The van der Waals surface area contributed by atoms with Gasteiger partial charge in [-0.3, -0.25) is 4.79 Å². The Bertz CT molecular complexity index is 874. The molecule has 0 unspecified atom stereocenters. The summed E-state index contributed by atoms with van der Waals surface area (Å²) in [4.78, 5) is 12.5. The van der Waals surface area contributed by atoms with Crippen LogP contribution in [0.3, 0.4) is 0 Å². The fourth-order valence-corrected chi connectivity index (χ4v) is 3.62. The van der Waals surface area contributed by atoms with Crippen molar-refractivity contribution in [3.63, 3.8) is 0 Å². The van der Waals surface area contributed by atoms with Crippen molar-refractivity contribution in [3.8, 4) is 5.75 Å². The first kappa shape index (κ1) is 13.1. The first-order chi connectivity index (χ1) is 10.7. The second-order valence-corrected chi connectivity index (χ2v) is 5.79. The van der Waals surface area contributed by atoms with Gasteiger partial charge in [-0.15, -0.1) is 0 Å². The highest BCUT2D eigenvalue weighted by atomic mass is 16.5. The number of ether oxygens (including phenoxy) is 1. The Morgan fingerprint density at radius 2 is 1.82 bits per heavy atom. The fraction of sp³-hybridized carbons (Fsp3) is 0.211. The molecule has 1 aromatic heterocycles. The van der Waals surface area contributed by atoms with Crippen molar-refractivity contribution in [1.29, 1.82) is 0 Å². The lowest BCUT2D eigenvalue weighted by Crippen LogP contribution is -2.01. The third-order valence-corrected chi connectivity index (χ3v) is 4.67. The molecule has 3 nitrogen and oxygen atoms in total. The van der Waals surface area contributed by atoms with E-state index in [2.05, 4.69) is 24.3 Å². The van der Waals surface area contributed by atoms with Crippen LogP contribution in [0.4, 0.5) is 0 Å². The van der Waals surface area contributed by atoms with Crippen LogP contribution < -0.4 is 4.74 Å². The number of nitrogens with zero attached hydrogens (tertiary/aromatic N) is 1. The molecule has 0 saturated heterocycles. The molecule has 110 valence electrons. The number of Topliss-reactive ketones (excluding diaryl/α,β-unsaturated/α-hetero) is 1.